The Morgan fingerprint density at radius 3 is 2.89 bits per heavy atom. The lowest BCUT2D eigenvalue weighted by atomic mass is 10.0. The minimum Gasteiger partial charge on any atom is -0.489 e. The SMILES string of the molecule is COC(=O)C(C)COc1cccc2c1OC(C)(C)C2. The van der Waals surface area contributed by atoms with E-state index in [1.54, 1.807) is 6.92 Å². The van der Waals surface area contributed by atoms with Gasteiger partial charge in [0.2, 0.25) is 0 Å². The van der Waals surface area contributed by atoms with Crippen molar-refractivity contribution in [2.75, 3.05) is 13.7 Å². The molecule has 104 valence electrons. The third-order valence-corrected chi connectivity index (χ3v) is 3.15. The lowest BCUT2D eigenvalue weighted by Gasteiger charge is -2.18. The fourth-order valence-electron chi connectivity index (χ4n) is 2.19. The molecule has 0 aromatic heterocycles. The molecule has 1 unspecified atom stereocenters. The molecule has 0 spiro atoms. The van der Waals surface area contributed by atoms with Crippen LogP contribution < -0.4 is 9.47 Å². The maximum Gasteiger partial charge on any atom is 0.311 e. The Balaban J connectivity index is 2.08. The van der Waals surface area contributed by atoms with Crippen molar-refractivity contribution >= 4 is 5.97 Å². The number of carbonyl (C=O) groups excluding carboxylic acids is 1. The van der Waals surface area contributed by atoms with Crippen LogP contribution >= 0.6 is 0 Å². The summed E-state index contributed by atoms with van der Waals surface area (Å²) < 4.78 is 16.3. The van der Waals surface area contributed by atoms with Crippen LogP contribution in [0.3, 0.4) is 0 Å². The molecule has 1 aliphatic heterocycles. The van der Waals surface area contributed by atoms with Gasteiger partial charge in [0.15, 0.2) is 11.5 Å². The van der Waals surface area contributed by atoms with E-state index in [4.69, 9.17) is 9.47 Å². The van der Waals surface area contributed by atoms with Crippen molar-refractivity contribution in [3.05, 3.63) is 23.8 Å². The van der Waals surface area contributed by atoms with E-state index in [0.717, 1.165) is 17.7 Å². The van der Waals surface area contributed by atoms with E-state index < -0.39 is 0 Å². The molecule has 0 saturated carbocycles. The van der Waals surface area contributed by atoms with E-state index in [-0.39, 0.29) is 24.1 Å². The number of hydrogen-bond donors (Lipinski definition) is 0. The Hall–Kier alpha value is -1.71. The van der Waals surface area contributed by atoms with Crippen LogP contribution in [0.15, 0.2) is 18.2 Å². The molecule has 0 bridgehead atoms. The normalized spacial score (nSPS) is 17.3. The molecule has 2 rings (SSSR count). The van der Waals surface area contributed by atoms with Crippen molar-refractivity contribution in [3.8, 4) is 11.5 Å². The van der Waals surface area contributed by atoms with Gasteiger partial charge in [0.05, 0.1) is 13.0 Å². The fraction of sp³-hybridized carbons (Fsp3) is 0.533. The summed E-state index contributed by atoms with van der Waals surface area (Å²) in [5.41, 5.74) is 0.948. The number of carbonyl (C=O) groups is 1. The molecule has 1 heterocycles. The van der Waals surface area contributed by atoms with Crippen LogP contribution in [0.2, 0.25) is 0 Å². The second kappa shape index (κ2) is 5.11. The Labute approximate surface area is 113 Å². The number of esters is 1. The summed E-state index contributed by atoms with van der Waals surface area (Å²) in [7, 11) is 1.38. The molecule has 0 radical (unpaired) electrons. The van der Waals surface area contributed by atoms with Gasteiger partial charge in [-0.15, -0.1) is 0 Å². The molecule has 0 N–H and O–H groups in total. The standard InChI is InChI=1S/C15H20O4/c1-10(14(16)17-4)9-18-12-7-5-6-11-8-15(2,3)19-13(11)12/h5-7,10H,8-9H2,1-4H3. The Morgan fingerprint density at radius 1 is 1.47 bits per heavy atom. The second-order valence-electron chi connectivity index (χ2n) is 5.52. The van der Waals surface area contributed by atoms with Crippen molar-refractivity contribution < 1.29 is 19.0 Å². The molecule has 0 aliphatic carbocycles. The zero-order valence-corrected chi connectivity index (χ0v) is 11.9. The van der Waals surface area contributed by atoms with Crippen LogP contribution in [0.25, 0.3) is 0 Å². The van der Waals surface area contributed by atoms with E-state index in [9.17, 15) is 4.79 Å². The van der Waals surface area contributed by atoms with Crippen molar-refractivity contribution in [2.24, 2.45) is 5.92 Å². The molecule has 4 nitrogen and oxygen atoms in total. The highest BCUT2D eigenvalue weighted by Gasteiger charge is 2.32. The quantitative estimate of drug-likeness (QED) is 0.784. The van der Waals surface area contributed by atoms with Crippen molar-refractivity contribution in [1.82, 2.24) is 0 Å². The molecule has 1 aromatic carbocycles. The first-order chi connectivity index (χ1) is 8.93. The van der Waals surface area contributed by atoms with Crippen LogP contribution in [0.5, 0.6) is 11.5 Å². The maximum absolute atomic E-state index is 11.3. The van der Waals surface area contributed by atoms with Crippen LogP contribution in [0.1, 0.15) is 26.3 Å². The summed E-state index contributed by atoms with van der Waals surface area (Å²) in [6.45, 7) is 6.16. The highest BCUT2D eigenvalue weighted by atomic mass is 16.5. The van der Waals surface area contributed by atoms with Gasteiger partial charge < -0.3 is 14.2 Å². The molecular formula is C15H20O4. The smallest absolute Gasteiger partial charge is 0.311 e. The molecule has 0 amide bonds. The van der Waals surface area contributed by atoms with Gasteiger partial charge in [0.25, 0.3) is 0 Å². The first-order valence-corrected chi connectivity index (χ1v) is 6.44. The van der Waals surface area contributed by atoms with Gasteiger partial charge in [-0.3, -0.25) is 4.79 Å². The average Bonchev–Trinajstić information content (AvgIpc) is 2.69. The highest BCUT2D eigenvalue weighted by Crippen LogP contribution is 2.41. The first-order valence-electron chi connectivity index (χ1n) is 6.44. The van der Waals surface area contributed by atoms with Gasteiger partial charge in [0.1, 0.15) is 12.2 Å². The van der Waals surface area contributed by atoms with E-state index in [0.29, 0.717) is 5.75 Å². The number of benzene rings is 1. The topological polar surface area (TPSA) is 44.8 Å². The monoisotopic (exact) mass is 264 g/mol. The summed E-state index contributed by atoms with van der Waals surface area (Å²) >= 11 is 0. The Kier molecular flexibility index (Phi) is 3.69. The summed E-state index contributed by atoms with van der Waals surface area (Å²) in [6, 6.07) is 5.85. The third kappa shape index (κ3) is 3.00. The molecule has 1 atom stereocenters. The lowest BCUT2D eigenvalue weighted by molar-refractivity contribution is -0.145. The Morgan fingerprint density at radius 2 is 2.21 bits per heavy atom. The highest BCUT2D eigenvalue weighted by molar-refractivity contribution is 5.72. The molecule has 0 saturated heterocycles. The van der Waals surface area contributed by atoms with E-state index in [2.05, 4.69) is 4.74 Å². The van der Waals surface area contributed by atoms with Crippen LogP contribution in [-0.2, 0) is 16.0 Å². The van der Waals surface area contributed by atoms with Gasteiger partial charge in [-0.25, -0.2) is 0 Å². The van der Waals surface area contributed by atoms with Crippen molar-refractivity contribution in [3.63, 3.8) is 0 Å². The number of ether oxygens (including phenoxy) is 3. The summed E-state index contributed by atoms with van der Waals surface area (Å²) in [6.07, 6.45) is 0.867. The maximum atomic E-state index is 11.3. The molecule has 4 heteroatoms. The minimum atomic E-state index is -0.296. The van der Waals surface area contributed by atoms with E-state index >= 15 is 0 Å². The second-order valence-corrected chi connectivity index (χ2v) is 5.52. The summed E-state index contributed by atoms with van der Waals surface area (Å²) in [5, 5.41) is 0. The molecule has 1 aliphatic rings. The zero-order valence-electron chi connectivity index (χ0n) is 11.9. The number of para-hydroxylation sites is 1. The molecule has 1 aromatic rings. The largest absolute Gasteiger partial charge is 0.489 e. The number of hydrogen-bond acceptors (Lipinski definition) is 4. The van der Waals surface area contributed by atoms with Crippen LogP contribution in [0.4, 0.5) is 0 Å². The molecule has 19 heavy (non-hydrogen) atoms. The summed E-state index contributed by atoms with van der Waals surface area (Å²) in [5.74, 6) is 0.924. The van der Waals surface area contributed by atoms with E-state index in [1.165, 1.54) is 7.11 Å². The van der Waals surface area contributed by atoms with Crippen LogP contribution in [-0.4, -0.2) is 25.3 Å². The predicted molar refractivity (Wildman–Crippen MR) is 71.5 cm³/mol. The van der Waals surface area contributed by atoms with Gasteiger partial charge >= 0.3 is 5.97 Å². The molecule has 0 fully saturated rings. The van der Waals surface area contributed by atoms with Gasteiger partial charge in [0, 0.05) is 12.0 Å². The number of methoxy groups -OCH3 is 1. The van der Waals surface area contributed by atoms with Gasteiger partial charge in [-0.1, -0.05) is 12.1 Å². The average molecular weight is 264 g/mol. The fourth-order valence-corrected chi connectivity index (χ4v) is 2.19. The van der Waals surface area contributed by atoms with Gasteiger partial charge in [-0.2, -0.15) is 0 Å². The number of rotatable bonds is 4. The first kappa shape index (κ1) is 13.7. The summed E-state index contributed by atoms with van der Waals surface area (Å²) in [4.78, 5) is 11.3. The van der Waals surface area contributed by atoms with Crippen molar-refractivity contribution in [1.29, 1.82) is 0 Å². The van der Waals surface area contributed by atoms with Crippen molar-refractivity contribution in [2.45, 2.75) is 32.8 Å². The number of fused-ring (bicyclic) bond motifs is 1. The lowest BCUT2D eigenvalue weighted by Crippen LogP contribution is -2.25. The minimum absolute atomic E-state index is 0.199. The Bertz CT molecular complexity index is 479. The molecular weight excluding hydrogens is 244 g/mol. The van der Waals surface area contributed by atoms with Crippen LogP contribution in [0, 0.1) is 5.92 Å². The zero-order chi connectivity index (χ0) is 14.0. The van der Waals surface area contributed by atoms with Gasteiger partial charge in [-0.05, 0) is 26.8 Å². The third-order valence-electron chi connectivity index (χ3n) is 3.15. The van der Waals surface area contributed by atoms with E-state index in [1.807, 2.05) is 32.0 Å². The predicted octanol–water partition coefficient (Wildman–Crippen LogP) is 2.59.